The monoisotopic (exact) mass is 389 g/mol. The minimum atomic E-state index is -0.106. The van der Waals surface area contributed by atoms with E-state index in [4.69, 9.17) is 0 Å². The van der Waals surface area contributed by atoms with E-state index in [2.05, 4.69) is 36.9 Å². The van der Waals surface area contributed by atoms with E-state index in [9.17, 15) is 4.79 Å². The molecule has 5 rings (SSSR count). The molecule has 28 heavy (non-hydrogen) atoms. The van der Waals surface area contributed by atoms with E-state index >= 15 is 0 Å². The SMILES string of the molecule is O=c1[nH]c(CSc2nnc(C3CC3)n2Cc2ccccc2)nc2ccccc12. The highest BCUT2D eigenvalue weighted by molar-refractivity contribution is 7.98. The maximum Gasteiger partial charge on any atom is 0.258 e. The number of hydrogen-bond acceptors (Lipinski definition) is 5. The zero-order valence-electron chi connectivity index (χ0n) is 15.2. The Bertz CT molecular complexity index is 1180. The van der Waals surface area contributed by atoms with Crippen LogP contribution in [0.5, 0.6) is 0 Å². The summed E-state index contributed by atoms with van der Waals surface area (Å²) in [6.45, 7) is 0.754. The molecule has 2 aromatic heterocycles. The Balaban J connectivity index is 1.42. The molecule has 0 spiro atoms. The van der Waals surface area contributed by atoms with Crippen LogP contribution < -0.4 is 5.56 Å². The summed E-state index contributed by atoms with van der Waals surface area (Å²) in [4.78, 5) is 19.8. The van der Waals surface area contributed by atoms with Gasteiger partial charge in [0.2, 0.25) is 0 Å². The summed E-state index contributed by atoms with van der Waals surface area (Å²) in [5, 5.41) is 10.4. The van der Waals surface area contributed by atoms with E-state index < -0.39 is 0 Å². The first-order valence-corrected chi connectivity index (χ1v) is 10.3. The second-order valence-corrected chi connectivity index (χ2v) is 7.95. The van der Waals surface area contributed by atoms with Crippen LogP contribution in [-0.4, -0.2) is 24.7 Å². The lowest BCUT2D eigenvalue weighted by atomic mass is 10.2. The zero-order chi connectivity index (χ0) is 18.9. The molecular weight excluding hydrogens is 370 g/mol. The summed E-state index contributed by atoms with van der Waals surface area (Å²) in [6.07, 6.45) is 2.36. The number of aromatic amines is 1. The molecule has 0 saturated heterocycles. The van der Waals surface area contributed by atoms with Crippen molar-refractivity contribution < 1.29 is 0 Å². The van der Waals surface area contributed by atoms with Gasteiger partial charge < -0.3 is 9.55 Å². The second-order valence-electron chi connectivity index (χ2n) is 7.01. The van der Waals surface area contributed by atoms with Gasteiger partial charge in [-0.3, -0.25) is 4.79 Å². The number of H-pyrrole nitrogens is 1. The quantitative estimate of drug-likeness (QED) is 0.509. The number of para-hydroxylation sites is 1. The molecule has 140 valence electrons. The number of fused-ring (bicyclic) bond motifs is 1. The lowest BCUT2D eigenvalue weighted by molar-refractivity contribution is 0.667. The van der Waals surface area contributed by atoms with Crippen LogP contribution in [0.3, 0.4) is 0 Å². The first-order valence-electron chi connectivity index (χ1n) is 9.36. The number of aromatic nitrogens is 5. The van der Waals surface area contributed by atoms with Crippen LogP contribution in [0.25, 0.3) is 10.9 Å². The average Bonchev–Trinajstić information content (AvgIpc) is 3.49. The first-order chi connectivity index (χ1) is 13.8. The summed E-state index contributed by atoms with van der Waals surface area (Å²) >= 11 is 1.56. The third-order valence-electron chi connectivity index (χ3n) is 4.87. The number of nitrogens with one attached hydrogen (secondary N) is 1. The standard InChI is InChI=1S/C21H19N5OS/c27-20-16-8-4-5-9-17(16)22-18(23-20)13-28-21-25-24-19(15-10-11-15)26(21)12-14-6-2-1-3-7-14/h1-9,15H,10-13H2,(H,22,23,27). The fourth-order valence-electron chi connectivity index (χ4n) is 3.30. The van der Waals surface area contributed by atoms with Crippen molar-refractivity contribution in [3.63, 3.8) is 0 Å². The summed E-state index contributed by atoms with van der Waals surface area (Å²) in [7, 11) is 0. The molecule has 4 aromatic rings. The van der Waals surface area contributed by atoms with Gasteiger partial charge in [0.05, 0.1) is 23.2 Å². The molecule has 0 radical (unpaired) electrons. The van der Waals surface area contributed by atoms with Gasteiger partial charge in [-0.25, -0.2) is 4.98 Å². The minimum absolute atomic E-state index is 0.106. The Labute approximate surface area is 166 Å². The number of nitrogens with zero attached hydrogens (tertiary/aromatic N) is 4. The lowest BCUT2D eigenvalue weighted by Gasteiger charge is -2.10. The molecule has 2 heterocycles. The van der Waals surface area contributed by atoms with E-state index in [-0.39, 0.29) is 5.56 Å². The molecule has 0 unspecified atom stereocenters. The van der Waals surface area contributed by atoms with Crippen LogP contribution in [0.1, 0.15) is 36.0 Å². The van der Waals surface area contributed by atoms with Gasteiger partial charge in [-0.05, 0) is 30.5 Å². The molecule has 7 heteroatoms. The molecule has 0 atom stereocenters. The number of benzene rings is 2. The molecule has 1 aliphatic rings. The third-order valence-corrected chi connectivity index (χ3v) is 5.85. The van der Waals surface area contributed by atoms with E-state index in [1.54, 1.807) is 17.8 Å². The fraction of sp³-hybridized carbons (Fsp3) is 0.238. The molecule has 0 amide bonds. The third kappa shape index (κ3) is 3.45. The van der Waals surface area contributed by atoms with Crippen LogP contribution in [0, 0.1) is 0 Å². The molecule has 0 aliphatic heterocycles. The van der Waals surface area contributed by atoms with Gasteiger partial charge in [0.15, 0.2) is 5.16 Å². The van der Waals surface area contributed by atoms with E-state index in [1.165, 1.54) is 18.4 Å². The molecule has 6 nitrogen and oxygen atoms in total. The van der Waals surface area contributed by atoms with Crippen molar-refractivity contribution in [2.45, 2.75) is 36.2 Å². The van der Waals surface area contributed by atoms with Crippen molar-refractivity contribution >= 4 is 22.7 Å². The maximum absolute atomic E-state index is 12.3. The van der Waals surface area contributed by atoms with Gasteiger partial charge in [-0.15, -0.1) is 10.2 Å². The van der Waals surface area contributed by atoms with Crippen molar-refractivity contribution in [1.82, 2.24) is 24.7 Å². The molecule has 1 saturated carbocycles. The van der Waals surface area contributed by atoms with Gasteiger partial charge in [-0.1, -0.05) is 54.2 Å². The van der Waals surface area contributed by atoms with Crippen LogP contribution in [-0.2, 0) is 12.3 Å². The number of rotatable bonds is 6. The van der Waals surface area contributed by atoms with E-state index in [1.807, 2.05) is 36.4 Å². The minimum Gasteiger partial charge on any atom is -0.309 e. The van der Waals surface area contributed by atoms with Crippen LogP contribution in [0.4, 0.5) is 0 Å². The Kier molecular flexibility index (Phi) is 4.44. The average molecular weight is 389 g/mol. The van der Waals surface area contributed by atoms with Gasteiger partial charge in [0.1, 0.15) is 11.6 Å². The number of hydrogen-bond donors (Lipinski definition) is 1. The normalized spacial score (nSPS) is 13.9. The molecule has 1 N–H and O–H groups in total. The number of thioether (sulfide) groups is 1. The zero-order valence-corrected chi connectivity index (χ0v) is 16.0. The highest BCUT2D eigenvalue weighted by atomic mass is 32.2. The Morgan fingerprint density at radius 2 is 1.82 bits per heavy atom. The lowest BCUT2D eigenvalue weighted by Crippen LogP contribution is -2.11. The van der Waals surface area contributed by atoms with Crippen molar-refractivity contribution in [2.75, 3.05) is 0 Å². The van der Waals surface area contributed by atoms with Crippen molar-refractivity contribution in [3.05, 3.63) is 82.2 Å². The highest BCUT2D eigenvalue weighted by Gasteiger charge is 2.30. The summed E-state index contributed by atoms with van der Waals surface area (Å²) in [5.74, 6) is 2.77. The van der Waals surface area contributed by atoms with Crippen molar-refractivity contribution in [3.8, 4) is 0 Å². The molecule has 1 aliphatic carbocycles. The largest absolute Gasteiger partial charge is 0.309 e. The van der Waals surface area contributed by atoms with E-state index in [0.717, 1.165) is 17.5 Å². The summed E-state index contributed by atoms with van der Waals surface area (Å²) < 4.78 is 2.21. The highest BCUT2D eigenvalue weighted by Crippen LogP contribution is 2.40. The fourth-order valence-corrected chi connectivity index (χ4v) is 4.12. The second kappa shape index (κ2) is 7.24. The van der Waals surface area contributed by atoms with Gasteiger partial charge in [-0.2, -0.15) is 0 Å². The predicted octanol–water partition coefficient (Wildman–Crippen LogP) is 3.73. The van der Waals surface area contributed by atoms with Gasteiger partial charge >= 0.3 is 0 Å². The van der Waals surface area contributed by atoms with Crippen LogP contribution in [0.15, 0.2) is 64.5 Å². The smallest absolute Gasteiger partial charge is 0.258 e. The Morgan fingerprint density at radius 3 is 2.64 bits per heavy atom. The Hall–Kier alpha value is -2.93. The van der Waals surface area contributed by atoms with Gasteiger partial charge in [0.25, 0.3) is 5.56 Å². The molecule has 1 fully saturated rings. The molecular formula is C21H19N5OS. The predicted molar refractivity (Wildman–Crippen MR) is 109 cm³/mol. The van der Waals surface area contributed by atoms with Crippen LogP contribution >= 0.6 is 11.8 Å². The summed E-state index contributed by atoms with van der Waals surface area (Å²) in [6, 6.07) is 17.7. The Morgan fingerprint density at radius 1 is 1.04 bits per heavy atom. The van der Waals surface area contributed by atoms with E-state index in [0.29, 0.717) is 28.4 Å². The van der Waals surface area contributed by atoms with Gasteiger partial charge in [0, 0.05) is 5.92 Å². The van der Waals surface area contributed by atoms with Crippen LogP contribution in [0.2, 0.25) is 0 Å². The van der Waals surface area contributed by atoms with Crippen molar-refractivity contribution in [2.24, 2.45) is 0 Å². The topological polar surface area (TPSA) is 76.5 Å². The first kappa shape index (κ1) is 17.2. The van der Waals surface area contributed by atoms with Crippen molar-refractivity contribution in [1.29, 1.82) is 0 Å². The molecule has 0 bridgehead atoms. The molecule has 2 aromatic carbocycles. The maximum atomic E-state index is 12.3. The summed E-state index contributed by atoms with van der Waals surface area (Å²) in [5.41, 5.74) is 1.83.